The zero-order chi connectivity index (χ0) is 15.4. The summed E-state index contributed by atoms with van der Waals surface area (Å²) < 4.78 is 5.93. The molecule has 2 heterocycles. The number of piperidine rings is 1. The Morgan fingerprint density at radius 1 is 1.27 bits per heavy atom. The quantitative estimate of drug-likeness (QED) is 0.940. The van der Waals surface area contributed by atoms with E-state index in [9.17, 15) is 4.79 Å². The Kier molecular flexibility index (Phi) is 4.42. The summed E-state index contributed by atoms with van der Waals surface area (Å²) in [5.74, 6) is 1.41. The van der Waals surface area contributed by atoms with Crippen molar-refractivity contribution >= 4 is 17.0 Å². The first-order valence-electron chi connectivity index (χ1n) is 7.68. The van der Waals surface area contributed by atoms with E-state index >= 15 is 0 Å². The molecule has 116 valence electrons. The Morgan fingerprint density at radius 3 is 2.86 bits per heavy atom. The van der Waals surface area contributed by atoms with Crippen molar-refractivity contribution in [2.75, 3.05) is 19.7 Å². The normalized spacial score (nSPS) is 15.9. The van der Waals surface area contributed by atoms with Crippen molar-refractivity contribution in [2.45, 2.75) is 19.3 Å². The SMILES string of the molecule is O=C(O)N1CCC(CCOc2cccc3ncccc23)CC1. The zero-order valence-corrected chi connectivity index (χ0v) is 12.4. The van der Waals surface area contributed by atoms with Crippen LogP contribution in [0.25, 0.3) is 10.9 Å². The second-order valence-electron chi connectivity index (χ2n) is 5.68. The molecule has 2 aromatic rings. The summed E-state index contributed by atoms with van der Waals surface area (Å²) in [6.07, 6.45) is 3.78. The number of carboxylic acid groups (broad SMARTS) is 1. The van der Waals surface area contributed by atoms with Crippen LogP contribution >= 0.6 is 0 Å². The molecule has 3 rings (SSSR count). The second-order valence-corrected chi connectivity index (χ2v) is 5.68. The van der Waals surface area contributed by atoms with Gasteiger partial charge in [0.05, 0.1) is 12.1 Å². The minimum atomic E-state index is -0.807. The van der Waals surface area contributed by atoms with Crippen molar-refractivity contribution in [3.63, 3.8) is 0 Å². The first-order chi connectivity index (χ1) is 10.7. The first kappa shape index (κ1) is 14.6. The molecular weight excluding hydrogens is 280 g/mol. The maximum Gasteiger partial charge on any atom is 0.407 e. The average molecular weight is 300 g/mol. The lowest BCUT2D eigenvalue weighted by Gasteiger charge is -2.29. The van der Waals surface area contributed by atoms with E-state index in [1.165, 1.54) is 4.90 Å². The Hall–Kier alpha value is -2.30. The molecule has 0 spiro atoms. The number of aromatic nitrogens is 1. The van der Waals surface area contributed by atoms with Gasteiger partial charge in [0, 0.05) is 24.7 Å². The van der Waals surface area contributed by atoms with Gasteiger partial charge < -0.3 is 14.7 Å². The van der Waals surface area contributed by atoms with Gasteiger partial charge in [0.25, 0.3) is 0 Å². The molecule has 1 aromatic carbocycles. The van der Waals surface area contributed by atoms with Gasteiger partial charge >= 0.3 is 6.09 Å². The Morgan fingerprint density at radius 2 is 2.09 bits per heavy atom. The van der Waals surface area contributed by atoms with Crippen LogP contribution < -0.4 is 4.74 Å². The van der Waals surface area contributed by atoms with Crippen molar-refractivity contribution < 1.29 is 14.6 Å². The number of pyridine rings is 1. The fourth-order valence-electron chi connectivity index (χ4n) is 2.95. The van der Waals surface area contributed by atoms with Crippen LogP contribution in [0.1, 0.15) is 19.3 Å². The molecule has 1 amide bonds. The van der Waals surface area contributed by atoms with E-state index in [1.54, 1.807) is 6.20 Å². The van der Waals surface area contributed by atoms with Crippen molar-refractivity contribution in [1.29, 1.82) is 0 Å². The number of carbonyl (C=O) groups is 1. The van der Waals surface area contributed by atoms with Gasteiger partial charge in [-0.05, 0) is 49.4 Å². The minimum Gasteiger partial charge on any atom is -0.493 e. The summed E-state index contributed by atoms with van der Waals surface area (Å²) in [4.78, 5) is 16.7. The van der Waals surface area contributed by atoms with Gasteiger partial charge in [0.2, 0.25) is 0 Å². The lowest BCUT2D eigenvalue weighted by molar-refractivity contribution is 0.120. The molecule has 0 atom stereocenters. The molecule has 5 heteroatoms. The fourth-order valence-corrected chi connectivity index (χ4v) is 2.95. The Labute approximate surface area is 129 Å². The lowest BCUT2D eigenvalue weighted by atomic mass is 9.94. The highest BCUT2D eigenvalue weighted by atomic mass is 16.5. The van der Waals surface area contributed by atoms with E-state index in [0.717, 1.165) is 35.9 Å². The van der Waals surface area contributed by atoms with E-state index in [4.69, 9.17) is 9.84 Å². The summed E-state index contributed by atoms with van der Waals surface area (Å²) in [7, 11) is 0. The van der Waals surface area contributed by atoms with Crippen LogP contribution in [0.3, 0.4) is 0 Å². The monoisotopic (exact) mass is 300 g/mol. The molecule has 1 saturated heterocycles. The predicted molar refractivity (Wildman–Crippen MR) is 84.2 cm³/mol. The standard InChI is InChI=1S/C17H20N2O3/c20-17(21)19-10-6-13(7-11-19)8-12-22-16-5-1-4-15-14(16)3-2-9-18-15/h1-5,9,13H,6-8,10-12H2,(H,20,21). The third kappa shape index (κ3) is 3.30. The number of benzene rings is 1. The van der Waals surface area contributed by atoms with Crippen molar-refractivity contribution in [3.05, 3.63) is 36.5 Å². The Balaban J connectivity index is 1.52. The van der Waals surface area contributed by atoms with Crippen molar-refractivity contribution in [3.8, 4) is 5.75 Å². The molecule has 1 aliphatic rings. The van der Waals surface area contributed by atoms with Crippen LogP contribution in [0.2, 0.25) is 0 Å². The maximum atomic E-state index is 10.9. The molecule has 1 fully saturated rings. The van der Waals surface area contributed by atoms with Crippen molar-refractivity contribution in [1.82, 2.24) is 9.88 Å². The maximum absolute atomic E-state index is 10.9. The van der Waals surface area contributed by atoms with Crippen molar-refractivity contribution in [2.24, 2.45) is 5.92 Å². The smallest absolute Gasteiger partial charge is 0.407 e. The van der Waals surface area contributed by atoms with Crippen LogP contribution in [0.4, 0.5) is 4.79 Å². The highest BCUT2D eigenvalue weighted by Crippen LogP contribution is 2.25. The van der Waals surface area contributed by atoms with E-state index < -0.39 is 6.09 Å². The first-order valence-corrected chi connectivity index (χ1v) is 7.68. The number of likely N-dealkylation sites (tertiary alicyclic amines) is 1. The highest BCUT2D eigenvalue weighted by Gasteiger charge is 2.22. The summed E-state index contributed by atoms with van der Waals surface area (Å²) in [5, 5.41) is 9.98. The number of nitrogens with zero attached hydrogens (tertiary/aromatic N) is 2. The highest BCUT2D eigenvalue weighted by molar-refractivity contribution is 5.84. The van der Waals surface area contributed by atoms with Crippen LogP contribution in [-0.2, 0) is 0 Å². The summed E-state index contributed by atoms with van der Waals surface area (Å²) in [5.41, 5.74) is 0.940. The molecule has 0 aliphatic carbocycles. The van der Waals surface area contributed by atoms with E-state index in [1.807, 2.05) is 30.3 Å². The number of amides is 1. The van der Waals surface area contributed by atoms with E-state index in [0.29, 0.717) is 25.6 Å². The van der Waals surface area contributed by atoms with Crippen LogP contribution in [0.15, 0.2) is 36.5 Å². The van der Waals surface area contributed by atoms with Gasteiger partial charge in [0.15, 0.2) is 0 Å². The zero-order valence-electron chi connectivity index (χ0n) is 12.4. The van der Waals surface area contributed by atoms with E-state index in [2.05, 4.69) is 4.98 Å². The molecule has 22 heavy (non-hydrogen) atoms. The molecule has 1 N–H and O–H groups in total. The number of ether oxygens (including phenoxy) is 1. The largest absolute Gasteiger partial charge is 0.493 e. The number of hydrogen-bond donors (Lipinski definition) is 1. The molecular formula is C17H20N2O3. The molecule has 1 aliphatic heterocycles. The second kappa shape index (κ2) is 6.64. The third-order valence-electron chi connectivity index (χ3n) is 4.27. The summed E-state index contributed by atoms with van der Waals surface area (Å²) in [6.45, 7) is 1.93. The molecule has 5 nitrogen and oxygen atoms in total. The van der Waals surface area contributed by atoms with Crippen LogP contribution in [0.5, 0.6) is 5.75 Å². The summed E-state index contributed by atoms with van der Waals surface area (Å²) >= 11 is 0. The van der Waals surface area contributed by atoms with E-state index in [-0.39, 0.29) is 0 Å². The van der Waals surface area contributed by atoms with Crippen LogP contribution in [-0.4, -0.2) is 40.8 Å². The minimum absolute atomic E-state index is 0.545. The molecule has 0 bridgehead atoms. The average Bonchev–Trinajstić information content (AvgIpc) is 2.55. The van der Waals surface area contributed by atoms with Gasteiger partial charge in [0.1, 0.15) is 5.75 Å². The molecule has 0 unspecified atom stereocenters. The fraction of sp³-hybridized carbons (Fsp3) is 0.412. The molecule has 1 aromatic heterocycles. The Bertz CT molecular complexity index is 646. The summed E-state index contributed by atoms with van der Waals surface area (Å²) in [6, 6.07) is 9.83. The van der Waals surface area contributed by atoms with Crippen LogP contribution in [0, 0.1) is 5.92 Å². The third-order valence-corrected chi connectivity index (χ3v) is 4.27. The van der Waals surface area contributed by atoms with Gasteiger partial charge in [-0.2, -0.15) is 0 Å². The topological polar surface area (TPSA) is 62.7 Å². The van der Waals surface area contributed by atoms with Gasteiger partial charge in [-0.3, -0.25) is 4.98 Å². The lowest BCUT2D eigenvalue weighted by Crippen LogP contribution is -2.37. The molecule has 0 saturated carbocycles. The predicted octanol–water partition coefficient (Wildman–Crippen LogP) is 3.39. The number of rotatable bonds is 4. The number of hydrogen-bond acceptors (Lipinski definition) is 3. The molecule has 0 radical (unpaired) electrons. The number of fused-ring (bicyclic) bond motifs is 1. The van der Waals surface area contributed by atoms with Gasteiger partial charge in [-0.25, -0.2) is 4.79 Å². The van der Waals surface area contributed by atoms with Gasteiger partial charge in [-0.15, -0.1) is 0 Å². The van der Waals surface area contributed by atoms with Gasteiger partial charge in [-0.1, -0.05) is 6.07 Å².